The van der Waals surface area contributed by atoms with Crippen LogP contribution in [-0.2, 0) is 0 Å². The molecule has 0 aromatic heterocycles. The molecule has 1 unspecified atom stereocenters. The van der Waals surface area contributed by atoms with Crippen LogP contribution in [0.1, 0.15) is 27.7 Å². The van der Waals surface area contributed by atoms with E-state index in [1.807, 2.05) is 34.0 Å². The van der Waals surface area contributed by atoms with Crippen molar-refractivity contribution >= 4 is 17.8 Å². The van der Waals surface area contributed by atoms with Gasteiger partial charge in [0.2, 0.25) is 0 Å². The van der Waals surface area contributed by atoms with Crippen LogP contribution in [0.25, 0.3) is 0 Å². The lowest BCUT2D eigenvalue weighted by Crippen LogP contribution is -2.49. The highest BCUT2D eigenvalue weighted by molar-refractivity contribution is 7.98. The summed E-state index contributed by atoms with van der Waals surface area (Å²) in [7, 11) is 0. The summed E-state index contributed by atoms with van der Waals surface area (Å²) in [6, 6.07) is 0.131. The van der Waals surface area contributed by atoms with Gasteiger partial charge >= 0.3 is 6.03 Å². The van der Waals surface area contributed by atoms with Crippen molar-refractivity contribution < 1.29 is 4.79 Å². The Hall–Kier alpha value is -0.380. The van der Waals surface area contributed by atoms with E-state index in [4.69, 9.17) is 0 Å². The fourth-order valence-electron chi connectivity index (χ4n) is 0.892. The molecule has 2 amide bonds. The number of carbonyl (C=O) groups is 1. The Balaban J connectivity index is 3.74. The molecule has 0 aromatic rings. The lowest BCUT2D eigenvalue weighted by atomic mass is 10.1. The molecule has 0 aromatic carbocycles. The van der Waals surface area contributed by atoms with Crippen molar-refractivity contribution in [2.75, 3.05) is 12.0 Å². The summed E-state index contributed by atoms with van der Waals surface area (Å²) in [4.78, 5) is 11.3. The van der Waals surface area contributed by atoms with Gasteiger partial charge in [0.25, 0.3) is 0 Å². The van der Waals surface area contributed by atoms with E-state index in [2.05, 4.69) is 10.6 Å². The van der Waals surface area contributed by atoms with Crippen molar-refractivity contribution in [3.63, 3.8) is 0 Å². The summed E-state index contributed by atoms with van der Waals surface area (Å²) < 4.78 is 0. The van der Waals surface area contributed by atoms with Crippen molar-refractivity contribution in [3.8, 4) is 0 Å². The summed E-state index contributed by atoms with van der Waals surface area (Å²) in [5.74, 6) is 0.942. The van der Waals surface area contributed by atoms with Gasteiger partial charge in [0, 0.05) is 17.3 Å². The number of hydrogen-bond donors (Lipinski definition) is 2. The van der Waals surface area contributed by atoms with Crippen LogP contribution >= 0.6 is 11.8 Å². The van der Waals surface area contributed by atoms with Gasteiger partial charge in [0.05, 0.1) is 0 Å². The first-order valence-corrected chi connectivity index (χ1v) is 5.82. The van der Waals surface area contributed by atoms with E-state index in [0.717, 1.165) is 5.75 Å². The van der Waals surface area contributed by atoms with Gasteiger partial charge in [-0.05, 0) is 34.0 Å². The molecule has 1 atom stereocenters. The molecule has 0 heterocycles. The van der Waals surface area contributed by atoms with Gasteiger partial charge in [-0.1, -0.05) is 0 Å². The first-order chi connectivity index (χ1) is 5.85. The number of rotatable bonds is 3. The molecular formula is C9H20N2OS. The molecule has 13 heavy (non-hydrogen) atoms. The summed E-state index contributed by atoms with van der Waals surface area (Å²) in [6.45, 7) is 7.89. The molecule has 0 aliphatic rings. The van der Waals surface area contributed by atoms with Crippen LogP contribution in [0.3, 0.4) is 0 Å². The average molecular weight is 204 g/mol. The van der Waals surface area contributed by atoms with Crippen molar-refractivity contribution in [2.45, 2.75) is 39.3 Å². The zero-order valence-corrected chi connectivity index (χ0v) is 9.92. The Bertz CT molecular complexity index is 165. The predicted molar refractivity (Wildman–Crippen MR) is 59.3 cm³/mol. The monoisotopic (exact) mass is 204 g/mol. The Morgan fingerprint density at radius 2 is 2.00 bits per heavy atom. The van der Waals surface area contributed by atoms with E-state index < -0.39 is 0 Å². The molecule has 0 spiro atoms. The van der Waals surface area contributed by atoms with Gasteiger partial charge in [0.15, 0.2) is 0 Å². The molecule has 0 radical (unpaired) electrons. The maximum absolute atomic E-state index is 11.3. The van der Waals surface area contributed by atoms with Crippen LogP contribution in [0.2, 0.25) is 0 Å². The molecule has 0 saturated carbocycles. The number of urea groups is 1. The summed E-state index contributed by atoms with van der Waals surface area (Å²) in [6.07, 6.45) is 2.03. The molecule has 0 aliphatic carbocycles. The maximum atomic E-state index is 11.3. The van der Waals surface area contributed by atoms with E-state index in [-0.39, 0.29) is 17.6 Å². The van der Waals surface area contributed by atoms with Crippen LogP contribution in [-0.4, -0.2) is 29.6 Å². The van der Waals surface area contributed by atoms with Gasteiger partial charge in [-0.15, -0.1) is 0 Å². The Morgan fingerprint density at radius 1 is 1.46 bits per heavy atom. The summed E-state index contributed by atoms with van der Waals surface area (Å²) >= 11 is 1.73. The molecule has 3 nitrogen and oxygen atoms in total. The van der Waals surface area contributed by atoms with Crippen LogP contribution < -0.4 is 10.6 Å². The van der Waals surface area contributed by atoms with Gasteiger partial charge < -0.3 is 10.6 Å². The summed E-state index contributed by atoms with van der Waals surface area (Å²) in [5, 5.41) is 5.72. The lowest BCUT2D eigenvalue weighted by molar-refractivity contribution is 0.230. The number of amides is 2. The molecule has 0 saturated heterocycles. The molecular weight excluding hydrogens is 184 g/mol. The second kappa shape index (κ2) is 5.37. The van der Waals surface area contributed by atoms with E-state index in [1.165, 1.54) is 0 Å². The minimum atomic E-state index is -0.164. The molecule has 0 fully saturated rings. The first-order valence-electron chi connectivity index (χ1n) is 4.43. The molecule has 4 heteroatoms. The Morgan fingerprint density at radius 3 is 2.38 bits per heavy atom. The summed E-state index contributed by atoms with van der Waals surface area (Å²) in [5.41, 5.74) is -0.164. The van der Waals surface area contributed by atoms with E-state index in [0.29, 0.717) is 0 Å². The van der Waals surface area contributed by atoms with Crippen molar-refractivity contribution in [2.24, 2.45) is 0 Å². The van der Waals surface area contributed by atoms with E-state index >= 15 is 0 Å². The zero-order chi connectivity index (χ0) is 10.5. The number of carbonyl (C=O) groups excluding carboxylic acids is 1. The second-order valence-corrected chi connectivity index (χ2v) is 5.12. The average Bonchev–Trinajstić information content (AvgIpc) is 1.81. The molecule has 0 rings (SSSR count). The third-order valence-electron chi connectivity index (χ3n) is 1.28. The number of nitrogens with one attached hydrogen (secondary N) is 2. The van der Waals surface area contributed by atoms with Gasteiger partial charge in [-0.2, -0.15) is 11.8 Å². The topological polar surface area (TPSA) is 41.1 Å². The minimum Gasteiger partial charge on any atom is -0.335 e. The van der Waals surface area contributed by atoms with Gasteiger partial charge in [0.1, 0.15) is 0 Å². The third-order valence-corrected chi connectivity index (χ3v) is 2.12. The molecule has 0 aliphatic heterocycles. The quantitative estimate of drug-likeness (QED) is 0.736. The first kappa shape index (κ1) is 12.6. The van der Waals surface area contributed by atoms with E-state index in [9.17, 15) is 4.79 Å². The zero-order valence-electron chi connectivity index (χ0n) is 9.10. The number of hydrogen-bond acceptors (Lipinski definition) is 2. The predicted octanol–water partition coefficient (Wildman–Crippen LogP) is 1.84. The third kappa shape index (κ3) is 7.96. The largest absolute Gasteiger partial charge is 0.335 e. The lowest BCUT2D eigenvalue weighted by Gasteiger charge is -2.22. The normalized spacial score (nSPS) is 13.6. The van der Waals surface area contributed by atoms with Crippen LogP contribution in [0, 0.1) is 0 Å². The van der Waals surface area contributed by atoms with Crippen LogP contribution in [0.4, 0.5) is 4.79 Å². The molecule has 78 valence electrons. The fraction of sp³-hybridized carbons (Fsp3) is 0.889. The van der Waals surface area contributed by atoms with Gasteiger partial charge in [-0.3, -0.25) is 0 Å². The van der Waals surface area contributed by atoms with Crippen LogP contribution in [0.15, 0.2) is 0 Å². The van der Waals surface area contributed by atoms with E-state index in [1.54, 1.807) is 11.8 Å². The van der Waals surface area contributed by atoms with Crippen molar-refractivity contribution in [3.05, 3.63) is 0 Å². The number of thioether (sulfide) groups is 1. The molecule has 0 bridgehead atoms. The standard InChI is InChI=1S/C9H20N2OS/c1-7(6-13-5)10-8(12)11-9(2,3)4/h7H,6H2,1-5H3,(H2,10,11,12). The Kier molecular flexibility index (Phi) is 5.21. The maximum Gasteiger partial charge on any atom is 0.315 e. The second-order valence-electron chi connectivity index (χ2n) is 4.20. The van der Waals surface area contributed by atoms with Crippen molar-refractivity contribution in [1.82, 2.24) is 10.6 Å². The van der Waals surface area contributed by atoms with Crippen LogP contribution in [0.5, 0.6) is 0 Å². The molecule has 2 N–H and O–H groups in total. The highest BCUT2D eigenvalue weighted by Gasteiger charge is 2.14. The SMILES string of the molecule is CSCC(C)NC(=O)NC(C)(C)C. The van der Waals surface area contributed by atoms with Gasteiger partial charge in [-0.25, -0.2) is 4.79 Å². The highest BCUT2D eigenvalue weighted by atomic mass is 32.2. The van der Waals surface area contributed by atoms with Crippen molar-refractivity contribution in [1.29, 1.82) is 0 Å². The smallest absolute Gasteiger partial charge is 0.315 e. The Labute approximate surface area is 85.0 Å². The fourth-order valence-corrected chi connectivity index (χ4v) is 1.48. The minimum absolute atomic E-state index is 0.0888. The highest BCUT2D eigenvalue weighted by Crippen LogP contribution is 1.99.